The Balaban J connectivity index is 0.00000289. The molecule has 180 valence electrons. The highest BCUT2D eigenvalue weighted by Crippen LogP contribution is 2.37. The van der Waals surface area contributed by atoms with Crippen LogP contribution in [0.3, 0.4) is 0 Å². The molecule has 0 bridgehead atoms. The second kappa shape index (κ2) is 9.96. The van der Waals surface area contributed by atoms with Gasteiger partial charge in [0.2, 0.25) is 0 Å². The Labute approximate surface area is 207 Å². The number of halogens is 4. The Morgan fingerprint density at radius 2 is 1.80 bits per heavy atom. The zero-order chi connectivity index (χ0) is 23.8. The number of aromatic amines is 1. The molecule has 0 amide bonds. The molecule has 2 aromatic carbocycles. The second-order valence-corrected chi connectivity index (χ2v) is 8.59. The number of hydrogen-bond donors (Lipinski definition) is 1. The molecular formula is C26H23ClF3N5. The standard InChI is InChI=1S/C26H22F3N5.ClH/c1-15-24-25(19-8-7-18(13-22(19)29)34-9-3-2-4-10-34)20(14-30)23(31-26(24)33-32-15)11-16-5-6-17(27)12-21(16)28;/h5-8,12-13H,2-4,9-11H2,1H3,(H,31,32,33);1H. The number of benzene rings is 2. The fraction of sp³-hybridized carbons (Fsp3) is 0.269. The maximum Gasteiger partial charge on any atom is 0.182 e. The fourth-order valence-electron chi connectivity index (χ4n) is 4.67. The monoisotopic (exact) mass is 497 g/mol. The number of fused-ring (bicyclic) bond motifs is 1. The fourth-order valence-corrected chi connectivity index (χ4v) is 4.67. The number of aryl methyl sites for hydroxylation is 1. The minimum absolute atomic E-state index is 0. The molecule has 4 aromatic rings. The SMILES string of the molecule is Cc1[nH]nc2nc(Cc3ccc(F)cc3F)c(C#N)c(-c3ccc(N4CCCCC4)cc3F)c12.Cl. The van der Waals surface area contributed by atoms with Crippen molar-refractivity contribution in [3.63, 3.8) is 0 Å². The minimum Gasteiger partial charge on any atom is -0.371 e. The number of anilines is 1. The lowest BCUT2D eigenvalue weighted by Crippen LogP contribution is -2.29. The van der Waals surface area contributed by atoms with E-state index in [1.165, 1.54) is 18.6 Å². The molecule has 1 N–H and O–H groups in total. The molecule has 0 spiro atoms. The first kappa shape index (κ1) is 24.6. The van der Waals surface area contributed by atoms with E-state index in [9.17, 15) is 14.0 Å². The molecule has 3 heterocycles. The summed E-state index contributed by atoms with van der Waals surface area (Å²) in [5.41, 5.74) is 2.98. The van der Waals surface area contributed by atoms with Gasteiger partial charge in [-0.2, -0.15) is 10.4 Å². The predicted molar refractivity (Wildman–Crippen MR) is 131 cm³/mol. The van der Waals surface area contributed by atoms with E-state index in [1.807, 2.05) is 6.07 Å². The van der Waals surface area contributed by atoms with Crippen LogP contribution in [0.5, 0.6) is 0 Å². The maximum atomic E-state index is 15.6. The molecule has 0 saturated carbocycles. The lowest BCUT2D eigenvalue weighted by molar-refractivity contribution is 0.574. The number of hydrogen-bond acceptors (Lipinski definition) is 4. The van der Waals surface area contributed by atoms with Gasteiger partial charge in [0.05, 0.1) is 16.6 Å². The summed E-state index contributed by atoms with van der Waals surface area (Å²) < 4.78 is 43.3. The summed E-state index contributed by atoms with van der Waals surface area (Å²) in [5, 5.41) is 17.7. The average molecular weight is 498 g/mol. The van der Waals surface area contributed by atoms with Crippen molar-refractivity contribution in [2.24, 2.45) is 0 Å². The van der Waals surface area contributed by atoms with Gasteiger partial charge in [-0.05, 0) is 56.0 Å². The number of nitrogens with zero attached hydrogens (tertiary/aromatic N) is 4. The first-order valence-electron chi connectivity index (χ1n) is 11.2. The topological polar surface area (TPSA) is 68.6 Å². The molecule has 1 aliphatic rings. The number of pyridine rings is 1. The number of nitriles is 1. The van der Waals surface area contributed by atoms with Crippen LogP contribution >= 0.6 is 12.4 Å². The highest BCUT2D eigenvalue weighted by atomic mass is 35.5. The quantitative estimate of drug-likeness (QED) is 0.363. The Kier molecular flexibility index (Phi) is 6.99. The third kappa shape index (κ3) is 4.56. The van der Waals surface area contributed by atoms with Gasteiger partial charge in [0.25, 0.3) is 0 Å². The molecule has 0 unspecified atom stereocenters. The Morgan fingerprint density at radius 1 is 1.03 bits per heavy atom. The van der Waals surface area contributed by atoms with Gasteiger partial charge in [0, 0.05) is 48.1 Å². The number of H-pyrrole nitrogens is 1. The number of nitrogens with one attached hydrogen (secondary N) is 1. The molecule has 35 heavy (non-hydrogen) atoms. The Morgan fingerprint density at radius 3 is 2.49 bits per heavy atom. The van der Waals surface area contributed by atoms with Crippen LogP contribution in [0.2, 0.25) is 0 Å². The van der Waals surface area contributed by atoms with E-state index < -0.39 is 17.5 Å². The smallest absolute Gasteiger partial charge is 0.182 e. The van der Waals surface area contributed by atoms with Crippen molar-refractivity contribution < 1.29 is 13.2 Å². The largest absolute Gasteiger partial charge is 0.371 e. The molecule has 0 aliphatic carbocycles. The molecule has 5 rings (SSSR count). The molecule has 1 saturated heterocycles. The van der Waals surface area contributed by atoms with Crippen LogP contribution in [0, 0.1) is 35.7 Å². The van der Waals surface area contributed by atoms with Crippen molar-refractivity contribution in [1.82, 2.24) is 15.2 Å². The summed E-state index contributed by atoms with van der Waals surface area (Å²) in [5.74, 6) is -1.88. The van der Waals surface area contributed by atoms with Gasteiger partial charge in [-0.1, -0.05) is 6.07 Å². The van der Waals surface area contributed by atoms with Crippen LogP contribution in [0.15, 0.2) is 36.4 Å². The molecule has 0 atom stereocenters. The number of piperidine rings is 1. The van der Waals surface area contributed by atoms with Gasteiger partial charge < -0.3 is 4.90 Å². The summed E-state index contributed by atoms with van der Waals surface area (Å²) in [4.78, 5) is 6.64. The first-order chi connectivity index (χ1) is 16.5. The van der Waals surface area contributed by atoms with E-state index in [0.717, 1.165) is 43.8 Å². The van der Waals surface area contributed by atoms with Gasteiger partial charge in [-0.15, -0.1) is 12.4 Å². The van der Waals surface area contributed by atoms with Crippen LogP contribution in [-0.4, -0.2) is 28.3 Å². The Hall–Kier alpha value is -3.57. The Bertz CT molecular complexity index is 1440. The van der Waals surface area contributed by atoms with Gasteiger partial charge in [0.1, 0.15) is 23.5 Å². The molecule has 9 heteroatoms. The number of rotatable bonds is 4. The highest BCUT2D eigenvalue weighted by Gasteiger charge is 2.24. The van der Waals surface area contributed by atoms with Crippen molar-refractivity contribution in [3.05, 3.63) is 76.4 Å². The van der Waals surface area contributed by atoms with Crippen LogP contribution in [0.1, 0.15) is 41.8 Å². The molecule has 1 fully saturated rings. The third-order valence-corrected chi connectivity index (χ3v) is 6.39. The highest BCUT2D eigenvalue weighted by molar-refractivity contribution is 5.98. The summed E-state index contributed by atoms with van der Waals surface area (Å²) >= 11 is 0. The molecule has 0 radical (unpaired) electrons. The van der Waals surface area contributed by atoms with Gasteiger partial charge in [0.15, 0.2) is 5.65 Å². The van der Waals surface area contributed by atoms with Crippen molar-refractivity contribution in [3.8, 4) is 17.2 Å². The van der Waals surface area contributed by atoms with Crippen LogP contribution in [0.25, 0.3) is 22.2 Å². The third-order valence-electron chi connectivity index (χ3n) is 6.39. The van der Waals surface area contributed by atoms with E-state index in [-0.39, 0.29) is 41.2 Å². The lowest BCUT2D eigenvalue weighted by atomic mass is 9.92. The van der Waals surface area contributed by atoms with Crippen molar-refractivity contribution in [2.45, 2.75) is 32.6 Å². The zero-order valence-corrected chi connectivity index (χ0v) is 19.9. The number of aromatic nitrogens is 3. The minimum atomic E-state index is -0.734. The summed E-state index contributed by atoms with van der Waals surface area (Å²) in [6, 6.07) is 10.5. The van der Waals surface area contributed by atoms with E-state index in [2.05, 4.69) is 26.2 Å². The average Bonchev–Trinajstić information content (AvgIpc) is 3.21. The van der Waals surface area contributed by atoms with Crippen LogP contribution < -0.4 is 4.90 Å². The maximum absolute atomic E-state index is 15.6. The van der Waals surface area contributed by atoms with E-state index >= 15 is 4.39 Å². The molecule has 5 nitrogen and oxygen atoms in total. The van der Waals surface area contributed by atoms with E-state index in [0.29, 0.717) is 22.3 Å². The molecule has 2 aromatic heterocycles. The zero-order valence-electron chi connectivity index (χ0n) is 19.0. The van der Waals surface area contributed by atoms with Gasteiger partial charge in [-0.3, -0.25) is 5.10 Å². The van der Waals surface area contributed by atoms with Gasteiger partial charge >= 0.3 is 0 Å². The summed E-state index contributed by atoms with van der Waals surface area (Å²) in [6.45, 7) is 3.55. The predicted octanol–water partition coefficient (Wildman–Crippen LogP) is 6.23. The van der Waals surface area contributed by atoms with Crippen molar-refractivity contribution >= 4 is 29.1 Å². The summed E-state index contributed by atoms with van der Waals surface area (Å²) in [6.07, 6.45) is 3.26. The van der Waals surface area contributed by atoms with Crippen LogP contribution in [0.4, 0.5) is 18.9 Å². The van der Waals surface area contributed by atoms with Crippen molar-refractivity contribution in [2.75, 3.05) is 18.0 Å². The summed E-state index contributed by atoms with van der Waals surface area (Å²) in [7, 11) is 0. The van der Waals surface area contributed by atoms with Crippen molar-refractivity contribution in [1.29, 1.82) is 5.26 Å². The second-order valence-electron chi connectivity index (χ2n) is 8.59. The van der Waals surface area contributed by atoms with E-state index in [4.69, 9.17) is 0 Å². The van der Waals surface area contributed by atoms with Gasteiger partial charge in [-0.25, -0.2) is 18.2 Å². The van der Waals surface area contributed by atoms with E-state index in [1.54, 1.807) is 13.0 Å². The molecule has 1 aliphatic heterocycles. The lowest BCUT2D eigenvalue weighted by Gasteiger charge is -2.29. The van der Waals surface area contributed by atoms with Crippen LogP contribution in [-0.2, 0) is 6.42 Å². The normalized spacial score (nSPS) is 13.5. The first-order valence-corrected chi connectivity index (χ1v) is 11.2. The molecular weight excluding hydrogens is 475 g/mol.